The zero-order valence-electron chi connectivity index (χ0n) is 20.0. The minimum Gasteiger partial charge on any atom is -0.493 e. The molecule has 0 bridgehead atoms. The van der Waals surface area contributed by atoms with Crippen LogP contribution in [0.25, 0.3) is 11.3 Å². The maximum atomic E-state index is 13.3. The monoisotopic (exact) mass is 495 g/mol. The first kappa shape index (κ1) is 24.5. The smallest absolute Gasteiger partial charge is 0.325 e. The van der Waals surface area contributed by atoms with Crippen LogP contribution >= 0.6 is 11.8 Å². The van der Waals surface area contributed by atoms with Gasteiger partial charge in [0.2, 0.25) is 11.1 Å². The van der Waals surface area contributed by atoms with Gasteiger partial charge in [0.1, 0.15) is 0 Å². The summed E-state index contributed by atoms with van der Waals surface area (Å²) >= 11 is 1.46. The summed E-state index contributed by atoms with van der Waals surface area (Å²) in [7, 11) is 1.48. The maximum Gasteiger partial charge on any atom is 0.325 e. The molecule has 1 N–H and O–H groups in total. The molecule has 1 aromatic heterocycles. The standard InChI is InChI=1S/C25H26N4O5S/c1-5-6-13-35-25-26-23(32)22-18-9-7-8-10-19(18)28(15(2)30)24(29(22)27-25)17-11-12-20(33-4)21(14-17)34-16(3)31/h7-12,14,24H,5-6,13H2,1-4H3/p+1/t24-/m0/s1. The molecule has 1 atom stereocenters. The highest BCUT2D eigenvalue weighted by Crippen LogP contribution is 2.39. The second kappa shape index (κ2) is 10.3. The van der Waals surface area contributed by atoms with Crippen LogP contribution in [0.5, 0.6) is 11.5 Å². The lowest BCUT2D eigenvalue weighted by atomic mass is 10.0. The van der Waals surface area contributed by atoms with Gasteiger partial charge >= 0.3 is 17.2 Å². The van der Waals surface area contributed by atoms with Crippen LogP contribution in [0.2, 0.25) is 0 Å². The number of benzene rings is 2. The van der Waals surface area contributed by atoms with Gasteiger partial charge in [-0.3, -0.25) is 19.4 Å². The first-order valence-electron chi connectivity index (χ1n) is 11.3. The number of esters is 1. The van der Waals surface area contributed by atoms with Crippen LogP contribution in [0.15, 0.2) is 52.4 Å². The number of amides is 1. The van der Waals surface area contributed by atoms with E-state index in [1.807, 2.05) is 12.1 Å². The molecule has 35 heavy (non-hydrogen) atoms. The largest absolute Gasteiger partial charge is 0.493 e. The quantitative estimate of drug-likeness (QED) is 0.176. The molecule has 0 aliphatic carbocycles. The highest BCUT2D eigenvalue weighted by Gasteiger charge is 2.45. The topological polar surface area (TPSA) is 105 Å². The number of rotatable bonds is 7. The number of aromatic amines is 1. The predicted molar refractivity (Wildman–Crippen MR) is 132 cm³/mol. The van der Waals surface area contributed by atoms with E-state index in [0.717, 1.165) is 18.6 Å². The molecule has 3 aromatic rings. The fourth-order valence-electron chi connectivity index (χ4n) is 4.08. The zero-order valence-corrected chi connectivity index (χ0v) is 20.8. The summed E-state index contributed by atoms with van der Waals surface area (Å²) in [6.07, 6.45) is 1.21. The lowest BCUT2D eigenvalue weighted by Gasteiger charge is -2.31. The summed E-state index contributed by atoms with van der Waals surface area (Å²) in [5.41, 5.74) is 1.84. The molecule has 182 valence electrons. The van der Waals surface area contributed by atoms with E-state index in [9.17, 15) is 14.4 Å². The number of aromatic nitrogens is 3. The third kappa shape index (κ3) is 4.79. The number of anilines is 1. The van der Waals surface area contributed by atoms with Crippen LogP contribution in [0.4, 0.5) is 5.69 Å². The Kier molecular flexibility index (Phi) is 7.20. The number of thioether (sulfide) groups is 1. The Morgan fingerprint density at radius 1 is 1.17 bits per heavy atom. The number of nitrogens with zero attached hydrogens (tertiary/aromatic N) is 3. The second-order valence-electron chi connectivity index (χ2n) is 8.04. The highest BCUT2D eigenvalue weighted by molar-refractivity contribution is 7.99. The van der Waals surface area contributed by atoms with Crippen molar-refractivity contribution in [2.24, 2.45) is 0 Å². The van der Waals surface area contributed by atoms with Crippen molar-refractivity contribution < 1.29 is 23.7 Å². The van der Waals surface area contributed by atoms with E-state index < -0.39 is 12.1 Å². The van der Waals surface area contributed by atoms with Gasteiger partial charge in [0, 0.05) is 30.3 Å². The van der Waals surface area contributed by atoms with Crippen LogP contribution in [0.3, 0.4) is 0 Å². The molecule has 1 amide bonds. The van der Waals surface area contributed by atoms with Gasteiger partial charge < -0.3 is 9.47 Å². The minimum absolute atomic E-state index is 0.212. The Morgan fingerprint density at radius 2 is 1.94 bits per heavy atom. The number of unbranched alkanes of at least 4 members (excludes halogenated alkanes) is 1. The fraction of sp³-hybridized carbons (Fsp3) is 0.320. The Morgan fingerprint density at radius 3 is 2.63 bits per heavy atom. The molecule has 10 heteroatoms. The first-order valence-corrected chi connectivity index (χ1v) is 12.3. The molecule has 2 heterocycles. The van der Waals surface area contributed by atoms with Crippen LogP contribution < -0.4 is 24.6 Å². The van der Waals surface area contributed by atoms with Gasteiger partial charge in [0.05, 0.1) is 18.4 Å². The molecule has 1 aliphatic rings. The molecule has 0 saturated heterocycles. The van der Waals surface area contributed by atoms with Crippen molar-refractivity contribution in [1.82, 2.24) is 10.1 Å². The van der Waals surface area contributed by atoms with Gasteiger partial charge in [0.25, 0.3) is 6.17 Å². The average molecular weight is 496 g/mol. The predicted octanol–water partition coefficient (Wildman–Crippen LogP) is 3.46. The Labute approximate surface area is 207 Å². The molecule has 0 radical (unpaired) electrons. The van der Waals surface area contributed by atoms with Crippen molar-refractivity contribution in [3.8, 4) is 22.8 Å². The first-order chi connectivity index (χ1) is 16.8. The van der Waals surface area contributed by atoms with Crippen molar-refractivity contribution in [2.45, 2.75) is 44.9 Å². The summed E-state index contributed by atoms with van der Waals surface area (Å²) in [5, 5.41) is 5.23. The number of carbonyl (C=O) groups excluding carboxylic acids is 2. The van der Waals surface area contributed by atoms with Crippen molar-refractivity contribution >= 4 is 29.3 Å². The van der Waals surface area contributed by atoms with Crippen molar-refractivity contribution in [2.75, 3.05) is 17.8 Å². The van der Waals surface area contributed by atoms with E-state index in [4.69, 9.17) is 14.6 Å². The maximum absolute atomic E-state index is 13.3. The number of fused-ring (bicyclic) bond motifs is 3. The molecule has 0 saturated carbocycles. The normalized spacial score (nSPS) is 14.2. The Balaban J connectivity index is 1.97. The van der Waals surface area contributed by atoms with E-state index in [2.05, 4.69) is 11.9 Å². The number of H-pyrrole nitrogens is 1. The third-order valence-electron chi connectivity index (χ3n) is 5.57. The van der Waals surface area contributed by atoms with E-state index in [1.54, 1.807) is 39.9 Å². The Bertz CT molecular complexity index is 1340. The molecule has 0 fully saturated rings. The van der Waals surface area contributed by atoms with Crippen molar-refractivity contribution in [3.05, 3.63) is 58.4 Å². The SMILES string of the molecule is CCCCSc1n[n+]2c(c(=O)[nH]1)-c1ccccc1N(C(C)=O)[C@@H]2c1ccc(OC)c(OC(C)=O)c1. The average Bonchev–Trinajstić information content (AvgIpc) is 2.82. The number of carbonyl (C=O) groups is 2. The van der Waals surface area contributed by atoms with E-state index in [-0.39, 0.29) is 17.2 Å². The summed E-state index contributed by atoms with van der Waals surface area (Å²) in [6.45, 7) is 4.87. The van der Waals surface area contributed by atoms with Crippen LogP contribution in [0.1, 0.15) is 45.3 Å². The van der Waals surface area contributed by atoms with E-state index in [1.165, 1.54) is 32.7 Å². The van der Waals surface area contributed by atoms with Gasteiger partial charge in [0.15, 0.2) is 11.5 Å². The number of hydrogen-bond acceptors (Lipinski definition) is 7. The molecule has 0 unspecified atom stereocenters. The van der Waals surface area contributed by atoms with E-state index >= 15 is 0 Å². The molecule has 1 aliphatic heterocycles. The number of ether oxygens (including phenoxy) is 2. The number of para-hydroxylation sites is 1. The lowest BCUT2D eigenvalue weighted by Crippen LogP contribution is -2.60. The summed E-state index contributed by atoms with van der Waals surface area (Å²) in [4.78, 5) is 42.5. The number of nitrogens with one attached hydrogen (secondary N) is 1. The minimum atomic E-state index is -0.787. The third-order valence-corrected chi connectivity index (χ3v) is 6.52. The summed E-state index contributed by atoms with van der Waals surface area (Å²) in [5.74, 6) is 0.650. The summed E-state index contributed by atoms with van der Waals surface area (Å²) in [6, 6.07) is 12.3. The molecular weight excluding hydrogens is 468 g/mol. The fourth-order valence-corrected chi connectivity index (χ4v) is 5.02. The van der Waals surface area contributed by atoms with Gasteiger partial charge in [-0.25, -0.2) is 4.90 Å². The summed E-state index contributed by atoms with van der Waals surface area (Å²) < 4.78 is 12.3. The van der Waals surface area contributed by atoms with Gasteiger partial charge in [-0.05, 0) is 41.4 Å². The Hall–Kier alpha value is -3.66. The molecule has 9 nitrogen and oxygen atoms in total. The number of hydrogen-bond donors (Lipinski definition) is 1. The van der Waals surface area contributed by atoms with Crippen LogP contribution in [-0.4, -0.2) is 34.8 Å². The molecule has 4 rings (SSSR count). The van der Waals surface area contributed by atoms with Crippen LogP contribution in [0, 0.1) is 0 Å². The van der Waals surface area contributed by atoms with Gasteiger partial charge in [-0.2, -0.15) is 0 Å². The zero-order chi connectivity index (χ0) is 25.1. The van der Waals surface area contributed by atoms with Crippen molar-refractivity contribution in [3.63, 3.8) is 0 Å². The lowest BCUT2D eigenvalue weighted by molar-refractivity contribution is -0.763. The van der Waals surface area contributed by atoms with Gasteiger partial charge in [-0.1, -0.05) is 37.2 Å². The molecule has 2 aromatic carbocycles. The van der Waals surface area contributed by atoms with Gasteiger partial charge in [-0.15, -0.1) is 0 Å². The highest BCUT2D eigenvalue weighted by atomic mass is 32.2. The number of methoxy groups -OCH3 is 1. The van der Waals surface area contributed by atoms with Crippen molar-refractivity contribution in [1.29, 1.82) is 0 Å². The van der Waals surface area contributed by atoms with Crippen LogP contribution in [-0.2, 0) is 9.59 Å². The molecular formula is C25H27N4O5S+. The van der Waals surface area contributed by atoms with E-state index in [0.29, 0.717) is 33.4 Å². The second-order valence-corrected chi connectivity index (χ2v) is 9.12. The molecule has 0 spiro atoms.